The van der Waals surface area contributed by atoms with Gasteiger partial charge in [0.15, 0.2) is 17.3 Å². The number of hydrogen-bond donors (Lipinski definition) is 0. The fourth-order valence-electron chi connectivity index (χ4n) is 3.32. The third-order valence-electron chi connectivity index (χ3n) is 4.99. The smallest absolute Gasteiger partial charge is 0.189 e. The van der Waals surface area contributed by atoms with Crippen molar-refractivity contribution in [3.63, 3.8) is 0 Å². The molecule has 0 saturated carbocycles. The van der Waals surface area contributed by atoms with Crippen molar-refractivity contribution in [2.75, 3.05) is 20.8 Å². The molecule has 0 saturated heterocycles. The average Bonchev–Trinajstić information content (AvgIpc) is 2.70. The number of carbonyl (C=O) groups is 1. The molecule has 0 bridgehead atoms. The zero-order valence-corrected chi connectivity index (χ0v) is 17.1. The summed E-state index contributed by atoms with van der Waals surface area (Å²) in [6.45, 7) is 5.00. The normalized spacial score (nSPS) is 14.9. The van der Waals surface area contributed by atoms with E-state index in [0.29, 0.717) is 24.7 Å². The van der Waals surface area contributed by atoms with Crippen molar-refractivity contribution < 1.29 is 19.0 Å². The van der Waals surface area contributed by atoms with E-state index >= 15 is 0 Å². The molecule has 0 aromatic heterocycles. The van der Waals surface area contributed by atoms with Gasteiger partial charge in [-0.3, -0.25) is 4.79 Å². The van der Waals surface area contributed by atoms with Crippen LogP contribution < -0.4 is 14.2 Å². The van der Waals surface area contributed by atoms with Crippen LogP contribution in [0.1, 0.15) is 48.2 Å². The predicted octanol–water partition coefficient (Wildman–Crippen LogP) is 5.34. The van der Waals surface area contributed by atoms with Gasteiger partial charge in [0.25, 0.3) is 0 Å². The monoisotopic (exact) mass is 380 g/mol. The van der Waals surface area contributed by atoms with Crippen LogP contribution in [0.4, 0.5) is 0 Å². The molecule has 148 valence electrons. The van der Waals surface area contributed by atoms with Crippen LogP contribution in [0.15, 0.2) is 42.0 Å². The first-order chi connectivity index (χ1) is 13.5. The highest BCUT2D eigenvalue weighted by Gasteiger charge is 2.22. The first kappa shape index (κ1) is 20.0. The SMILES string of the molecule is COc1ccc2c(c1)CC/C(=C/c1ccc(OCCC(C)C)c(OC)c1)C2=O. The molecule has 0 fully saturated rings. The van der Waals surface area contributed by atoms with Gasteiger partial charge in [-0.05, 0) is 72.7 Å². The molecule has 2 aromatic carbocycles. The van der Waals surface area contributed by atoms with Crippen LogP contribution in [-0.2, 0) is 6.42 Å². The second-order valence-electron chi connectivity index (χ2n) is 7.46. The molecule has 4 heteroatoms. The van der Waals surface area contributed by atoms with Crippen LogP contribution in [0.5, 0.6) is 17.2 Å². The minimum absolute atomic E-state index is 0.0835. The Morgan fingerprint density at radius 2 is 1.82 bits per heavy atom. The maximum Gasteiger partial charge on any atom is 0.189 e. The van der Waals surface area contributed by atoms with E-state index in [4.69, 9.17) is 14.2 Å². The van der Waals surface area contributed by atoms with E-state index in [1.807, 2.05) is 42.5 Å². The van der Waals surface area contributed by atoms with Crippen molar-refractivity contribution in [2.24, 2.45) is 5.92 Å². The number of aryl methyl sites for hydroxylation is 1. The van der Waals surface area contributed by atoms with Crippen LogP contribution in [0.25, 0.3) is 6.08 Å². The van der Waals surface area contributed by atoms with Crippen LogP contribution in [0.3, 0.4) is 0 Å². The molecule has 1 aliphatic carbocycles. The number of Topliss-reactive ketones (excluding diaryl/α,β-unsaturated/α-hetero) is 1. The number of carbonyl (C=O) groups excluding carboxylic acids is 1. The van der Waals surface area contributed by atoms with Crippen molar-refractivity contribution >= 4 is 11.9 Å². The van der Waals surface area contributed by atoms with Gasteiger partial charge in [-0.25, -0.2) is 0 Å². The van der Waals surface area contributed by atoms with Gasteiger partial charge in [-0.1, -0.05) is 19.9 Å². The van der Waals surface area contributed by atoms with Crippen LogP contribution in [-0.4, -0.2) is 26.6 Å². The summed E-state index contributed by atoms with van der Waals surface area (Å²) in [4.78, 5) is 12.9. The molecule has 0 unspecified atom stereocenters. The van der Waals surface area contributed by atoms with Gasteiger partial charge in [0, 0.05) is 11.1 Å². The van der Waals surface area contributed by atoms with E-state index < -0.39 is 0 Å². The van der Waals surface area contributed by atoms with Gasteiger partial charge in [0.2, 0.25) is 0 Å². The second-order valence-corrected chi connectivity index (χ2v) is 7.46. The molecule has 0 heterocycles. The fraction of sp³-hybridized carbons (Fsp3) is 0.375. The molecular formula is C24H28O4. The Balaban J connectivity index is 1.80. The highest BCUT2D eigenvalue weighted by Crippen LogP contribution is 2.32. The average molecular weight is 380 g/mol. The number of fused-ring (bicyclic) bond motifs is 1. The van der Waals surface area contributed by atoms with Crippen LogP contribution in [0, 0.1) is 5.92 Å². The molecule has 28 heavy (non-hydrogen) atoms. The minimum Gasteiger partial charge on any atom is -0.497 e. The summed E-state index contributed by atoms with van der Waals surface area (Å²) >= 11 is 0. The summed E-state index contributed by atoms with van der Waals surface area (Å²) in [6, 6.07) is 11.5. The van der Waals surface area contributed by atoms with Gasteiger partial charge in [0.1, 0.15) is 5.75 Å². The standard InChI is InChI=1S/C24H28O4/c1-16(2)11-12-28-22-10-5-17(14-23(22)27-4)13-19-7-6-18-15-20(26-3)8-9-21(18)24(19)25/h5,8-10,13-16H,6-7,11-12H2,1-4H3/b19-13-. The van der Waals surface area contributed by atoms with Gasteiger partial charge in [-0.2, -0.15) is 0 Å². The van der Waals surface area contributed by atoms with E-state index in [1.165, 1.54) is 0 Å². The Hall–Kier alpha value is -2.75. The zero-order chi connectivity index (χ0) is 20.1. The molecule has 3 rings (SSSR count). The minimum atomic E-state index is 0.0835. The molecule has 1 aliphatic rings. The largest absolute Gasteiger partial charge is 0.497 e. The van der Waals surface area contributed by atoms with E-state index in [2.05, 4.69) is 13.8 Å². The van der Waals surface area contributed by atoms with Crippen molar-refractivity contribution in [1.29, 1.82) is 0 Å². The van der Waals surface area contributed by atoms with E-state index in [9.17, 15) is 4.79 Å². The lowest BCUT2D eigenvalue weighted by Gasteiger charge is -2.18. The second kappa shape index (κ2) is 8.96. The number of ether oxygens (including phenoxy) is 3. The number of hydrogen-bond acceptors (Lipinski definition) is 4. The van der Waals surface area contributed by atoms with Gasteiger partial charge in [0.05, 0.1) is 20.8 Å². The lowest BCUT2D eigenvalue weighted by molar-refractivity contribution is 0.102. The summed E-state index contributed by atoms with van der Waals surface area (Å²) in [7, 11) is 3.28. The van der Waals surface area contributed by atoms with Gasteiger partial charge < -0.3 is 14.2 Å². The Labute approximate surface area is 167 Å². The molecular weight excluding hydrogens is 352 g/mol. The summed E-state index contributed by atoms with van der Waals surface area (Å²) in [6.07, 6.45) is 4.50. The number of rotatable bonds is 7. The molecule has 2 aromatic rings. The number of methoxy groups -OCH3 is 2. The first-order valence-corrected chi connectivity index (χ1v) is 9.75. The van der Waals surface area contributed by atoms with Crippen molar-refractivity contribution in [3.05, 3.63) is 58.7 Å². The maximum atomic E-state index is 12.9. The third kappa shape index (κ3) is 4.56. The number of benzene rings is 2. The Kier molecular flexibility index (Phi) is 6.40. The summed E-state index contributed by atoms with van der Waals surface area (Å²) in [5.41, 5.74) is 3.56. The quantitative estimate of drug-likeness (QED) is 0.608. The van der Waals surface area contributed by atoms with E-state index in [-0.39, 0.29) is 5.78 Å². The fourth-order valence-corrected chi connectivity index (χ4v) is 3.32. The van der Waals surface area contributed by atoms with E-state index in [0.717, 1.165) is 46.6 Å². The predicted molar refractivity (Wildman–Crippen MR) is 112 cm³/mol. The Morgan fingerprint density at radius 3 is 2.54 bits per heavy atom. The van der Waals surface area contributed by atoms with Gasteiger partial charge in [-0.15, -0.1) is 0 Å². The molecule has 0 N–H and O–H groups in total. The van der Waals surface area contributed by atoms with Crippen LogP contribution in [0.2, 0.25) is 0 Å². The van der Waals surface area contributed by atoms with Gasteiger partial charge >= 0.3 is 0 Å². The lowest BCUT2D eigenvalue weighted by atomic mass is 9.86. The molecule has 0 radical (unpaired) electrons. The summed E-state index contributed by atoms with van der Waals surface area (Å²) < 4.78 is 16.6. The lowest BCUT2D eigenvalue weighted by Crippen LogP contribution is -2.14. The molecule has 4 nitrogen and oxygen atoms in total. The maximum absolute atomic E-state index is 12.9. The van der Waals surface area contributed by atoms with Crippen LogP contribution >= 0.6 is 0 Å². The summed E-state index contributed by atoms with van der Waals surface area (Å²) in [5.74, 6) is 2.89. The Morgan fingerprint density at radius 1 is 1.00 bits per heavy atom. The molecule has 0 amide bonds. The van der Waals surface area contributed by atoms with Crippen molar-refractivity contribution in [1.82, 2.24) is 0 Å². The molecule has 0 aliphatic heterocycles. The number of allylic oxidation sites excluding steroid dienone is 1. The van der Waals surface area contributed by atoms with E-state index in [1.54, 1.807) is 14.2 Å². The van der Waals surface area contributed by atoms with Crippen molar-refractivity contribution in [2.45, 2.75) is 33.1 Å². The number of ketones is 1. The third-order valence-corrected chi connectivity index (χ3v) is 4.99. The molecule has 0 atom stereocenters. The molecule has 0 spiro atoms. The zero-order valence-electron chi connectivity index (χ0n) is 17.1. The highest BCUT2D eigenvalue weighted by molar-refractivity contribution is 6.13. The first-order valence-electron chi connectivity index (χ1n) is 9.75. The van der Waals surface area contributed by atoms with Crippen molar-refractivity contribution in [3.8, 4) is 17.2 Å². The highest BCUT2D eigenvalue weighted by atomic mass is 16.5. The summed E-state index contributed by atoms with van der Waals surface area (Å²) in [5, 5.41) is 0. The topological polar surface area (TPSA) is 44.8 Å². The Bertz CT molecular complexity index is 880.